The number of hydrogen-bond donors (Lipinski definition) is 1. The van der Waals surface area contributed by atoms with Gasteiger partial charge in [0.1, 0.15) is 0 Å². The lowest BCUT2D eigenvalue weighted by Gasteiger charge is -2.12. The molecule has 0 rings (SSSR count). The second-order valence-electron chi connectivity index (χ2n) is 2.16. The summed E-state index contributed by atoms with van der Waals surface area (Å²) in [6.45, 7) is 2.09. The third kappa shape index (κ3) is 6.51. The van der Waals surface area contributed by atoms with Gasteiger partial charge in [-0.1, -0.05) is 30.5 Å². The van der Waals surface area contributed by atoms with Crippen molar-refractivity contribution in [2.24, 2.45) is 0 Å². The van der Waals surface area contributed by atoms with E-state index in [1.54, 1.807) is 0 Å². The Kier molecular flexibility index (Phi) is 8.95. The quantitative estimate of drug-likeness (QED) is 0.707. The summed E-state index contributed by atoms with van der Waals surface area (Å²) in [6.07, 6.45) is 2.01. The summed E-state index contributed by atoms with van der Waals surface area (Å²) >= 11 is 0. The molecule has 0 fully saturated rings. The van der Waals surface area contributed by atoms with E-state index < -0.39 is 0 Å². The van der Waals surface area contributed by atoms with E-state index in [9.17, 15) is 4.79 Å². The molecule has 0 saturated carbocycles. The standard InChI is InChI=1S/C5H15NOP4/c1-2-3-4(5(7)8)6-10-11-9/h4,6,10-11H,2-3,8-9H2,1H3. The molecule has 0 spiro atoms. The lowest BCUT2D eigenvalue weighted by atomic mass is 10.2. The van der Waals surface area contributed by atoms with Crippen molar-refractivity contribution in [2.75, 3.05) is 0 Å². The predicted octanol–water partition coefficient (Wildman–Crippen LogP) is 2.12. The summed E-state index contributed by atoms with van der Waals surface area (Å²) in [5.41, 5.74) is 0.183. The van der Waals surface area contributed by atoms with Crippen LogP contribution in [0.25, 0.3) is 0 Å². The van der Waals surface area contributed by atoms with E-state index in [2.05, 4.69) is 30.2 Å². The van der Waals surface area contributed by atoms with E-state index in [-0.39, 0.29) is 11.6 Å². The molecule has 0 heterocycles. The minimum Gasteiger partial charge on any atom is -0.293 e. The molecule has 0 radical (unpaired) electrons. The maximum atomic E-state index is 10.9. The maximum absolute atomic E-state index is 10.9. The first kappa shape index (κ1) is 12.3. The van der Waals surface area contributed by atoms with Gasteiger partial charge in [0.05, 0.1) is 6.04 Å². The lowest BCUT2D eigenvalue weighted by molar-refractivity contribution is -0.112. The van der Waals surface area contributed by atoms with Crippen molar-refractivity contribution in [2.45, 2.75) is 25.8 Å². The summed E-state index contributed by atoms with van der Waals surface area (Å²) in [5.74, 6) is 0. The molecule has 0 bridgehead atoms. The topological polar surface area (TPSA) is 29.1 Å². The van der Waals surface area contributed by atoms with Gasteiger partial charge in [0.2, 0.25) is 0 Å². The predicted molar refractivity (Wildman–Crippen MR) is 62.9 cm³/mol. The molecular weight excluding hydrogens is 214 g/mol. The summed E-state index contributed by atoms with van der Waals surface area (Å²) in [5, 5.41) is 3.22. The van der Waals surface area contributed by atoms with Crippen molar-refractivity contribution < 1.29 is 4.79 Å². The van der Waals surface area contributed by atoms with Crippen molar-refractivity contribution in [3.8, 4) is 0 Å². The molecule has 11 heavy (non-hydrogen) atoms. The monoisotopic (exact) mass is 229 g/mol. The first-order chi connectivity index (χ1) is 5.22. The SMILES string of the molecule is CCCC(NPPP)C(=O)P. The fourth-order valence-electron chi connectivity index (χ4n) is 0.703. The molecule has 5 unspecified atom stereocenters. The highest BCUT2D eigenvalue weighted by Crippen LogP contribution is 2.40. The second-order valence-corrected chi connectivity index (χ2v) is 7.77. The highest BCUT2D eigenvalue weighted by molar-refractivity contribution is 8.38. The van der Waals surface area contributed by atoms with Crippen LogP contribution in [0.2, 0.25) is 0 Å². The van der Waals surface area contributed by atoms with Crippen LogP contribution in [-0.2, 0) is 4.79 Å². The molecular formula is C5H15NOP4. The Labute approximate surface area is 76.2 Å². The van der Waals surface area contributed by atoms with Gasteiger partial charge in [-0.2, -0.15) is 0 Å². The number of carbonyl (C=O) groups is 1. The molecule has 0 aromatic heterocycles. The van der Waals surface area contributed by atoms with Gasteiger partial charge in [-0.25, -0.2) is 0 Å². The highest BCUT2D eigenvalue weighted by Gasteiger charge is 2.10. The van der Waals surface area contributed by atoms with Gasteiger partial charge in [0.25, 0.3) is 0 Å². The minimum atomic E-state index is 0.0661. The van der Waals surface area contributed by atoms with E-state index >= 15 is 0 Å². The molecule has 1 N–H and O–H groups in total. The maximum Gasteiger partial charge on any atom is 0.165 e. The van der Waals surface area contributed by atoms with Gasteiger partial charge >= 0.3 is 0 Å². The first-order valence-electron chi connectivity index (χ1n) is 3.47. The van der Waals surface area contributed by atoms with Crippen LogP contribution in [0, 0.1) is 0 Å². The molecule has 0 aliphatic heterocycles. The van der Waals surface area contributed by atoms with Crippen LogP contribution in [0.4, 0.5) is 0 Å². The molecule has 0 aromatic rings. The Morgan fingerprint density at radius 2 is 2.36 bits per heavy atom. The second kappa shape index (κ2) is 7.97. The van der Waals surface area contributed by atoms with Crippen LogP contribution < -0.4 is 5.09 Å². The number of nitrogens with one attached hydrogen (secondary N) is 1. The van der Waals surface area contributed by atoms with Crippen molar-refractivity contribution in [1.29, 1.82) is 0 Å². The van der Waals surface area contributed by atoms with Crippen LogP contribution in [0.5, 0.6) is 0 Å². The summed E-state index contributed by atoms with van der Waals surface area (Å²) in [7, 11) is 6.44. The van der Waals surface area contributed by atoms with E-state index in [4.69, 9.17) is 0 Å². The lowest BCUT2D eigenvalue weighted by Crippen LogP contribution is -2.26. The number of hydrogen-bond acceptors (Lipinski definition) is 2. The van der Waals surface area contributed by atoms with Crippen molar-refractivity contribution in [3.63, 3.8) is 0 Å². The normalized spacial score (nSPS) is 15.2. The van der Waals surface area contributed by atoms with Gasteiger partial charge in [-0.15, -0.1) is 8.93 Å². The fourth-order valence-corrected chi connectivity index (χ4v) is 3.19. The summed E-state index contributed by atoms with van der Waals surface area (Å²) in [4.78, 5) is 10.9. The summed E-state index contributed by atoms with van der Waals surface area (Å²) in [6, 6.07) is 0.0661. The van der Waals surface area contributed by atoms with E-state index in [0.29, 0.717) is 8.42 Å². The van der Waals surface area contributed by atoms with Gasteiger partial charge < -0.3 is 0 Å². The Bertz CT molecular complexity index is 121. The number of carbonyl (C=O) groups excluding carboxylic acids is 1. The van der Waals surface area contributed by atoms with Crippen molar-refractivity contribution in [3.05, 3.63) is 0 Å². The van der Waals surface area contributed by atoms with Gasteiger partial charge in [0, 0.05) is 0 Å². The van der Waals surface area contributed by atoms with Gasteiger partial charge in [-0.3, -0.25) is 9.88 Å². The molecule has 0 aromatic carbocycles. The smallest absolute Gasteiger partial charge is 0.165 e. The number of rotatable bonds is 6. The largest absolute Gasteiger partial charge is 0.293 e. The fraction of sp³-hybridized carbons (Fsp3) is 0.800. The van der Waals surface area contributed by atoms with Gasteiger partial charge in [-0.05, 0) is 14.8 Å². The van der Waals surface area contributed by atoms with Crippen molar-refractivity contribution >= 4 is 40.1 Å². The minimum absolute atomic E-state index is 0.0661. The molecule has 0 saturated heterocycles. The van der Waals surface area contributed by atoms with Crippen LogP contribution in [-0.4, -0.2) is 11.6 Å². The van der Waals surface area contributed by atoms with Crippen molar-refractivity contribution in [1.82, 2.24) is 5.09 Å². The Morgan fingerprint density at radius 3 is 2.73 bits per heavy atom. The van der Waals surface area contributed by atoms with Gasteiger partial charge in [0.15, 0.2) is 5.52 Å². The molecule has 66 valence electrons. The van der Waals surface area contributed by atoms with Crippen LogP contribution in [0.15, 0.2) is 0 Å². The third-order valence-corrected chi connectivity index (χ3v) is 4.44. The highest BCUT2D eigenvalue weighted by atomic mass is 32.4. The Morgan fingerprint density at radius 1 is 1.73 bits per heavy atom. The molecule has 2 nitrogen and oxygen atoms in total. The zero-order valence-corrected chi connectivity index (χ0v) is 10.9. The molecule has 6 heteroatoms. The molecule has 0 amide bonds. The first-order valence-corrected chi connectivity index (χ1v) is 8.86. The molecule has 0 aliphatic rings. The average molecular weight is 229 g/mol. The van der Waals surface area contributed by atoms with Crippen LogP contribution in [0.3, 0.4) is 0 Å². The molecule has 0 aliphatic carbocycles. The van der Waals surface area contributed by atoms with E-state index in [0.717, 1.165) is 20.8 Å². The third-order valence-electron chi connectivity index (χ3n) is 1.24. The Hall–Kier alpha value is 1.35. The average Bonchev–Trinajstić information content (AvgIpc) is 1.97. The van der Waals surface area contributed by atoms with E-state index in [1.165, 1.54) is 0 Å². The zero-order valence-electron chi connectivity index (χ0n) is 6.55. The Balaban J connectivity index is 3.60. The van der Waals surface area contributed by atoms with Crippen LogP contribution in [0.1, 0.15) is 19.8 Å². The summed E-state index contributed by atoms with van der Waals surface area (Å²) < 4.78 is 0. The van der Waals surface area contributed by atoms with E-state index in [1.807, 2.05) is 0 Å². The molecule has 5 atom stereocenters. The zero-order chi connectivity index (χ0) is 8.69. The van der Waals surface area contributed by atoms with Crippen LogP contribution >= 0.6 is 34.5 Å².